The average Bonchev–Trinajstić information content (AvgIpc) is 2.28. The molecule has 1 heterocycles. The molecule has 2 aromatic rings. The van der Waals surface area contributed by atoms with Crippen molar-refractivity contribution in [2.75, 3.05) is 7.05 Å². The van der Waals surface area contributed by atoms with E-state index in [0.717, 1.165) is 17.6 Å². The van der Waals surface area contributed by atoms with E-state index in [1.54, 1.807) is 0 Å². The monoisotopic (exact) mass is 214 g/mol. The molecule has 0 aliphatic heterocycles. The van der Waals surface area contributed by atoms with Crippen LogP contribution in [0.5, 0.6) is 0 Å². The van der Waals surface area contributed by atoms with Gasteiger partial charge in [-0.1, -0.05) is 18.2 Å². The molecule has 2 nitrogen and oxygen atoms in total. The van der Waals surface area contributed by atoms with E-state index in [-0.39, 0.29) is 0 Å². The van der Waals surface area contributed by atoms with Crippen molar-refractivity contribution in [3.8, 4) is 0 Å². The van der Waals surface area contributed by atoms with Gasteiger partial charge in [-0.05, 0) is 45.0 Å². The van der Waals surface area contributed by atoms with Crippen LogP contribution in [0, 0.1) is 6.92 Å². The highest BCUT2D eigenvalue weighted by Gasteiger charge is 2.06. The van der Waals surface area contributed by atoms with Crippen molar-refractivity contribution in [1.82, 2.24) is 10.3 Å². The highest BCUT2D eigenvalue weighted by atomic mass is 14.8. The molecular formula is C14H18N2. The van der Waals surface area contributed by atoms with Crippen LogP contribution >= 0.6 is 0 Å². The van der Waals surface area contributed by atoms with Crippen molar-refractivity contribution in [2.45, 2.75) is 26.3 Å². The third kappa shape index (κ3) is 2.22. The summed E-state index contributed by atoms with van der Waals surface area (Å²) in [5, 5.41) is 4.55. The number of aromatic nitrogens is 1. The predicted molar refractivity (Wildman–Crippen MR) is 68.7 cm³/mol. The summed E-state index contributed by atoms with van der Waals surface area (Å²) >= 11 is 0. The van der Waals surface area contributed by atoms with Crippen LogP contribution in [0.25, 0.3) is 10.9 Å². The standard InChI is InChI=1S/C14H18N2/c1-10(15-3)8-12-9-11(2)16-14-7-5-4-6-13(12)14/h4-7,9-10,15H,8H2,1-3H3. The minimum atomic E-state index is 0.491. The summed E-state index contributed by atoms with van der Waals surface area (Å²) in [4.78, 5) is 4.55. The quantitative estimate of drug-likeness (QED) is 0.849. The molecule has 16 heavy (non-hydrogen) atoms. The van der Waals surface area contributed by atoms with Crippen LogP contribution in [0.15, 0.2) is 30.3 Å². The second-order valence-corrected chi connectivity index (χ2v) is 4.33. The maximum atomic E-state index is 4.55. The Kier molecular flexibility index (Phi) is 3.20. The summed E-state index contributed by atoms with van der Waals surface area (Å²) < 4.78 is 0. The van der Waals surface area contributed by atoms with Crippen LogP contribution in [0.2, 0.25) is 0 Å². The molecule has 1 N–H and O–H groups in total. The van der Waals surface area contributed by atoms with Crippen LogP contribution in [-0.4, -0.2) is 18.1 Å². The Morgan fingerprint density at radius 1 is 1.31 bits per heavy atom. The molecule has 2 heteroatoms. The summed E-state index contributed by atoms with van der Waals surface area (Å²) in [5.74, 6) is 0. The van der Waals surface area contributed by atoms with E-state index in [9.17, 15) is 0 Å². The lowest BCUT2D eigenvalue weighted by Gasteiger charge is -2.12. The fourth-order valence-corrected chi connectivity index (χ4v) is 2.00. The van der Waals surface area contributed by atoms with Crippen LogP contribution < -0.4 is 5.32 Å². The van der Waals surface area contributed by atoms with E-state index in [2.05, 4.69) is 48.4 Å². The van der Waals surface area contributed by atoms with E-state index in [4.69, 9.17) is 0 Å². The number of para-hydroxylation sites is 1. The molecule has 0 aliphatic rings. The van der Waals surface area contributed by atoms with Crippen molar-refractivity contribution >= 4 is 10.9 Å². The third-order valence-electron chi connectivity index (χ3n) is 2.95. The average molecular weight is 214 g/mol. The van der Waals surface area contributed by atoms with Gasteiger partial charge in [0.25, 0.3) is 0 Å². The molecule has 0 aliphatic carbocycles. The molecule has 2 rings (SSSR count). The van der Waals surface area contributed by atoms with Gasteiger partial charge in [0.1, 0.15) is 0 Å². The van der Waals surface area contributed by atoms with E-state index >= 15 is 0 Å². The number of benzene rings is 1. The first kappa shape index (κ1) is 11.1. The summed E-state index contributed by atoms with van der Waals surface area (Å²) in [5.41, 5.74) is 3.57. The number of aryl methyl sites for hydroxylation is 1. The van der Waals surface area contributed by atoms with Gasteiger partial charge >= 0.3 is 0 Å². The summed E-state index contributed by atoms with van der Waals surface area (Å²) in [6, 6.07) is 11.0. The van der Waals surface area contributed by atoms with Gasteiger partial charge < -0.3 is 5.32 Å². The van der Waals surface area contributed by atoms with Crippen molar-refractivity contribution < 1.29 is 0 Å². The number of hydrogen-bond donors (Lipinski definition) is 1. The normalized spacial score (nSPS) is 12.9. The number of nitrogens with zero attached hydrogens (tertiary/aromatic N) is 1. The Morgan fingerprint density at radius 3 is 2.81 bits per heavy atom. The van der Waals surface area contributed by atoms with Crippen LogP contribution in [0.3, 0.4) is 0 Å². The molecule has 0 saturated carbocycles. The predicted octanol–water partition coefficient (Wildman–Crippen LogP) is 2.69. The summed E-state index contributed by atoms with van der Waals surface area (Å²) in [7, 11) is 2.00. The first-order valence-electron chi connectivity index (χ1n) is 5.73. The summed E-state index contributed by atoms with van der Waals surface area (Å²) in [6.07, 6.45) is 1.04. The minimum Gasteiger partial charge on any atom is -0.317 e. The van der Waals surface area contributed by atoms with Gasteiger partial charge in [0.05, 0.1) is 5.52 Å². The highest BCUT2D eigenvalue weighted by Crippen LogP contribution is 2.19. The molecule has 0 amide bonds. The Morgan fingerprint density at radius 2 is 2.06 bits per heavy atom. The molecule has 1 atom stereocenters. The van der Waals surface area contributed by atoms with E-state index < -0.39 is 0 Å². The zero-order valence-electron chi connectivity index (χ0n) is 10.1. The van der Waals surface area contributed by atoms with Gasteiger partial charge in [0.15, 0.2) is 0 Å². The van der Waals surface area contributed by atoms with Gasteiger partial charge in [-0.3, -0.25) is 4.98 Å². The zero-order valence-corrected chi connectivity index (χ0v) is 10.1. The molecular weight excluding hydrogens is 196 g/mol. The van der Waals surface area contributed by atoms with E-state index in [1.807, 2.05) is 13.1 Å². The Bertz CT molecular complexity index is 491. The lowest BCUT2D eigenvalue weighted by molar-refractivity contribution is 0.610. The second kappa shape index (κ2) is 4.62. The first-order valence-corrected chi connectivity index (χ1v) is 5.73. The van der Waals surface area contributed by atoms with Gasteiger partial charge in [-0.25, -0.2) is 0 Å². The van der Waals surface area contributed by atoms with E-state index in [1.165, 1.54) is 10.9 Å². The topological polar surface area (TPSA) is 24.9 Å². The molecule has 1 aromatic heterocycles. The van der Waals surface area contributed by atoms with Crippen LogP contribution in [-0.2, 0) is 6.42 Å². The second-order valence-electron chi connectivity index (χ2n) is 4.33. The highest BCUT2D eigenvalue weighted by molar-refractivity contribution is 5.82. The van der Waals surface area contributed by atoms with E-state index in [0.29, 0.717) is 6.04 Å². The molecule has 1 aromatic carbocycles. The number of rotatable bonds is 3. The van der Waals surface area contributed by atoms with Gasteiger partial charge in [0, 0.05) is 17.1 Å². The number of likely N-dealkylation sites (N-methyl/N-ethyl adjacent to an activating group) is 1. The van der Waals surface area contributed by atoms with Crippen molar-refractivity contribution in [1.29, 1.82) is 0 Å². The molecule has 1 unspecified atom stereocenters. The smallest absolute Gasteiger partial charge is 0.0707 e. The van der Waals surface area contributed by atoms with Crippen LogP contribution in [0.1, 0.15) is 18.2 Å². The molecule has 0 bridgehead atoms. The maximum Gasteiger partial charge on any atom is 0.0707 e. The fourth-order valence-electron chi connectivity index (χ4n) is 2.00. The fraction of sp³-hybridized carbons (Fsp3) is 0.357. The van der Waals surface area contributed by atoms with Crippen molar-refractivity contribution in [3.63, 3.8) is 0 Å². The number of fused-ring (bicyclic) bond motifs is 1. The van der Waals surface area contributed by atoms with Crippen LogP contribution in [0.4, 0.5) is 0 Å². The van der Waals surface area contributed by atoms with Gasteiger partial charge in [-0.15, -0.1) is 0 Å². The Labute approximate surface area is 96.7 Å². The Balaban J connectivity index is 2.50. The first-order chi connectivity index (χ1) is 7.70. The lowest BCUT2D eigenvalue weighted by atomic mass is 10.0. The molecule has 0 spiro atoms. The largest absolute Gasteiger partial charge is 0.317 e. The van der Waals surface area contributed by atoms with Gasteiger partial charge in [0.2, 0.25) is 0 Å². The van der Waals surface area contributed by atoms with Gasteiger partial charge in [-0.2, -0.15) is 0 Å². The minimum absolute atomic E-state index is 0.491. The Hall–Kier alpha value is -1.41. The van der Waals surface area contributed by atoms with Crippen molar-refractivity contribution in [2.24, 2.45) is 0 Å². The molecule has 84 valence electrons. The molecule has 0 saturated heterocycles. The summed E-state index contributed by atoms with van der Waals surface area (Å²) in [6.45, 7) is 4.25. The number of pyridine rings is 1. The maximum absolute atomic E-state index is 4.55. The zero-order chi connectivity index (χ0) is 11.5. The molecule has 0 radical (unpaired) electrons. The number of nitrogens with one attached hydrogen (secondary N) is 1. The number of hydrogen-bond acceptors (Lipinski definition) is 2. The van der Waals surface area contributed by atoms with Crippen molar-refractivity contribution in [3.05, 3.63) is 41.6 Å². The lowest BCUT2D eigenvalue weighted by Crippen LogP contribution is -2.23. The molecule has 0 fully saturated rings. The SMILES string of the molecule is CNC(C)Cc1cc(C)nc2ccccc12. The third-order valence-corrected chi connectivity index (χ3v) is 2.95.